The second-order valence-electron chi connectivity index (χ2n) is 4.23. The van der Waals surface area contributed by atoms with E-state index in [1.54, 1.807) is 0 Å². The lowest BCUT2D eigenvalue weighted by molar-refractivity contribution is 0.102. The van der Waals surface area contributed by atoms with Crippen LogP contribution in [0.25, 0.3) is 0 Å². The summed E-state index contributed by atoms with van der Waals surface area (Å²) in [6, 6.07) is 5.67. The predicted molar refractivity (Wildman–Crippen MR) is 88.8 cm³/mol. The van der Waals surface area contributed by atoms with Gasteiger partial charge in [0.05, 0.1) is 5.69 Å². The summed E-state index contributed by atoms with van der Waals surface area (Å²) in [4.78, 5) is 12.8. The molecule has 0 spiro atoms. The highest BCUT2D eigenvalue weighted by Crippen LogP contribution is 2.24. The number of carbonyl (C=O) groups is 1. The van der Waals surface area contributed by atoms with Gasteiger partial charge >= 0.3 is 0 Å². The molecule has 0 atom stereocenters. The third-order valence-corrected chi connectivity index (χ3v) is 5.51. The summed E-state index contributed by atoms with van der Waals surface area (Å²) in [7, 11) is 0. The van der Waals surface area contributed by atoms with Crippen molar-refractivity contribution in [3.8, 4) is 0 Å². The molecule has 100 valence electrons. The number of nitrogens with zero attached hydrogens (tertiary/aromatic N) is 2. The minimum Gasteiger partial charge on any atom is -0.321 e. The Kier molecular flexibility index (Phi) is 4.91. The molecule has 1 amide bonds. The lowest BCUT2D eigenvalue weighted by atomic mass is 10.1. The van der Waals surface area contributed by atoms with Gasteiger partial charge in [-0.05, 0) is 74.2 Å². The summed E-state index contributed by atoms with van der Waals surface area (Å²) in [6.07, 6.45) is 0. The van der Waals surface area contributed by atoms with Crippen LogP contribution in [0.15, 0.2) is 22.7 Å². The maximum Gasteiger partial charge on any atom is 0.269 e. The Hall–Kier alpha value is -0.540. The molecule has 0 aliphatic heterocycles. The van der Waals surface area contributed by atoms with Crippen molar-refractivity contribution in [3.63, 3.8) is 0 Å². The Balaban J connectivity index is 2.21. The third kappa shape index (κ3) is 3.51. The van der Waals surface area contributed by atoms with Crippen LogP contribution in [0.1, 0.15) is 35.1 Å². The van der Waals surface area contributed by atoms with Crippen molar-refractivity contribution >= 4 is 61.6 Å². The first-order chi connectivity index (χ1) is 8.99. The first-order valence-electron chi connectivity index (χ1n) is 5.57. The molecule has 0 radical (unpaired) electrons. The lowest BCUT2D eigenvalue weighted by Gasteiger charge is -2.07. The Morgan fingerprint density at radius 2 is 2.21 bits per heavy atom. The molecule has 0 saturated carbocycles. The Labute approximate surface area is 137 Å². The minimum atomic E-state index is -0.156. The molecule has 7 heteroatoms. The molecule has 1 aromatic carbocycles. The van der Waals surface area contributed by atoms with E-state index in [4.69, 9.17) is 0 Å². The number of amides is 1. The Bertz CT molecular complexity index is 615. The summed E-state index contributed by atoms with van der Waals surface area (Å²) in [6.45, 7) is 3.99. The van der Waals surface area contributed by atoms with E-state index >= 15 is 0 Å². The third-order valence-electron chi connectivity index (χ3n) is 2.44. The number of aromatic nitrogens is 2. The van der Waals surface area contributed by atoms with Crippen molar-refractivity contribution in [2.45, 2.75) is 19.8 Å². The zero-order chi connectivity index (χ0) is 14.0. The first kappa shape index (κ1) is 14.9. The van der Waals surface area contributed by atoms with Crippen LogP contribution in [0.4, 0.5) is 5.69 Å². The maximum atomic E-state index is 12.2. The number of carbonyl (C=O) groups excluding carboxylic acids is 1. The van der Waals surface area contributed by atoms with Gasteiger partial charge in [-0.25, -0.2) is 0 Å². The van der Waals surface area contributed by atoms with Gasteiger partial charge in [0, 0.05) is 13.7 Å². The zero-order valence-electron chi connectivity index (χ0n) is 10.3. The van der Waals surface area contributed by atoms with E-state index in [0.29, 0.717) is 4.88 Å². The van der Waals surface area contributed by atoms with Crippen LogP contribution in [0.2, 0.25) is 0 Å². The van der Waals surface area contributed by atoms with Crippen molar-refractivity contribution < 1.29 is 4.79 Å². The quantitative estimate of drug-likeness (QED) is 0.708. The SMILES string of the molecule is CC(C)c1nnsc1C(=O)Nc1ccc(Br)c(I)c1. The number of benzene rings is 1. The average molecular weight is 452 g/mol. The molecule has 1 aromatic heterocycles. The summed E-state index contributed by atoms with van der Waals surface area (Å²) >= 11 is 6.76. The standard InChI is InChI=1S/C12H11BrIN3OS/c1-6(2)10-11(19-17-16-10)12(18)15-7-3-4-8(13)9(14)5-7/h3-6H,1-2H3,(H,15,18). The van der Waals surface area contributed by atoms with Gasteiger partial charge in [0.2, 0.25) is 0 Å². The molecule has 0 unspecified atom stereocenters. The minimum absolute atomic E-state index is 0.156. The molecule has 1 heterocycles. The van der Waals surface area contributed by atoms with Crippen LogP contribution in [0.5, 0.6) is 0 Å². The molecule has 0 fully saturated rings. The molecule has 4 nitrogen and oxygen atoms in total. The van der Waals surface area contributed by atoms with E-state index < -0.39 is 0 Å². The number of hydrogen-bond acceptors (Lipinski definition) is 4. The summed E-state index contributed by atoms with van der Waals surface area (Å²) in [5.74, 6) is 0.0291. The second-order valence-corrected chi connectivity index (χ2v) is 7.00. The number of halogens is 2. The average Bonchev–Trinajstić information content (AvgIpc) is 2.83. The Morgan fingerprint density at radius 1 is 1.47 bits per heavy atom. The van der Waals surface area contributed by atoms with E-state index in [1.165, 1.54) is 0 Å². The fraction of sp³-hybridized carbons (Fsp3) is 0.250. The molecular weight excluding hydrogens is 441 g/mol. The van der Waals surface area contributed by atoms with E-state index in [0.717, 1.165) is 31.0 Å². The fourth-order valence-electron chi connectivity index (χ4n) is 1.49. The highest BCUT2D eigenvalue weighted by molar-refractivity contribution is 14.1. The van der Waals surface area contributed by atoms with Gasteiger partial charge in [-0.1, -0.05) is 18.3 Å². The highest BCUT2D eigenvalue weighted by Gasteiger charge is 2.18. The van der Waals surface area contributed by atoms with Gasteiger partial charge in [-0.3, -0.25) is 4.79 Å². The van der Waals surface area contributed by atoms with Gasteiger partial charge in [0.25, 0.3) is 5.91 Å². The van der Waals surface area contributed by atoms with Gasteiger partial charge in [0.15, 0.2) is 0 Å². The van der Waals surface area contributed by atoms with Crippen LogP contribution in [0.3, 0.4) is 0 Å². The zero-order valence-corrected chi connectivity index (χ0v) is 14.8. The smallest absolute Gasteiger partial charge is 0.269 e. The summed E-state index contributed by atoms with van der Waals surface area (Å²) in [5, 5.41) is 6.88. The molecule has 0 bridgehead atoms. The molecular formula is C12H11BrIN3OS. The predicted octanol–water partition coefficient (Wildman–Crippen LogP) is 4.28. The monoisotopic (exact) mass is 451 g/mol. The first-order valence-corrected chi connectivity index (χ1v) is 8.22. The molecule has 2 aromatic rings. The van der Waals surface area contributed by atoms with Gasteiger partial charge < -0.3 is 5.32 Å². The Morgan fingerprint density at radius 3 is 2.84 bits per heavy atom. The van der Waals surface area contributed by atoms with Gasteiger partial charge in [-0.2, -0.15) is 0 Å². The van der Waals surface area contributed by atoms with E-state index in [9.17, 15) is 4.79 Å². The topological polar surface area (TPSA) is 54.9 Å². The molecule has 0 aliphatic rings. The molecule has 19 heavy (non-hydrogen) atoms. The normalized spacial score (nSPS) is 10.8. The largest absolute Gasteiger partial charge is 0.321 e. The molecule has 1 N–H and O–H groups in total. The summed E-state index contributed by atoms with van der Waals surface area (Å²) in [5.41, 5.74) is 1.51. The van der Waals surface area contributed by atoms with Crippen molar-refractivity contribution in [2.24, 2.45) is 0 Å². The van der Waals surface area contributed by atoms with E-state index in [1.807, 2.05) is 32.0 Å². The van der Waals surface area contributed by atoms with Crippen molar-refractivity contribution in [3.05, 3.63) is 36.8 Å². The van der Waals surface area contributed by atoms with Crippen LogP contribution < -0.4 is 5.32 Å². The maximum absolute atomic E-state index is 12.2. The molecule has 0 aliphatic carbocycles. The lowest BCUT2D eigenvalue weighted by Crippen LogP contribution is -2.13. The van der Waals surface area contributed by atoms with Gasteiger partial charge in [-0.15, -0.1) is 5.10 Å². The fourth-order valence-corrected chi connectivity index (χ4v) is 2.97. The van der Waals surface area contributed by atoms with Crippen LogP contribution in [0, 0.1) is 3.57 Å². The second kappa shape index (κ2) is 6.27. The highest BCUT2D eigenvalue weighted by atomic mass is 127. The van der Waals surface area contributed by atoms with Crippen LogP contribution in [-0.4, -0.2) is 15.5 Å². The number of anilines is 1. The number of hydrogen-bond donors (Lipinski definition) is 1. The molecule has 2 rings (SSSR count). The van der Waals surface area contributed by atoms with Crippen molar-refractivity contribution in [1.29, 1.82) is 0 Å². The number of rotatable bonds is 3. The van der Waals surface area contributed by atoms with Crippen molar-refractivity contribution in [2.75, 3.05) is 5.32 Å². The van der Waals surface area contributed by atoms with Crippen LogP contribution in [-0.2, 0) is 0 Å². The van der Waals surface area contributed by atoms with Crippen LogP contribution >= 0.6 is 50.1 Å². The molecule has 0 saturated heterocycles. The summed E-state index contributed by atoms with van der Waals surface area (Å²) < 4.78 is 5.91. The number of nitrogens with one attached hydrogen (secondary N) is 1. The van der Waals surface area contributed by atoms with Gasteiger partial charge in [0.1, 0.15) is 4.88 Å². The van der Waals surface area contributed by atoms with Crippen molar-refractivity contribution in [1.82, 2.24) is 9.59 Å². The van der Waals surface area contributed by atoms with E-state index in [2.05, 4.69) is 53.4 Å². The van der Waals surface area contributed by atoms with E-state index in [-0.39, 0.29) is 11.8 Å².